The lowest BCUT2D eigenvalue weighted by Gasteiger charge is -2.16. The van der Waals surface area contributed by atoms with E-state index >= 15 is 0 Å². The third-order valence-corrected chi connectivity index (χ3v) is 3.32. The first-order valence-corrected chi connectivity index (χ1v) is 5.51. The molecule has 1 aliphatic carbocycles. The monoisotopic (exact) mass is 192 g/mol. The molecule has 2 atom stereocenters. The van der Waals surface area contributed by atoms with E-state index in [1.165, 1.54) is 17.5 Å². The second kappa shape index (κ2) is 3.43. The average molecular weight is 192 g/mol. The molecular formula is C12H20N2. The van der Waals surface area contributed by atoms with Crippen molar-refractivity contribution in [1.29, 1.82) is 0 Å². The number of nitrogens with zero attached hydrogens (tertiary/aromatic N) is 1. The molecule has 1 aromatic rings. The maximum Gasteiger partial charge on any atom is 0.0364 e. The van der Waals surface area contributed by atoms with Gasteiger partial charge in [-0.3, -0.25) is 0 Å². The summed E-state index contributed by atoms with van der Waals surface area (Å²) in [5, 5.41) is 3.41. The van der Waals surface area contributed by atoms with E-state index in [4.69, 9.17) is 0 Å². The van der Waals surface area contributed by atoms with E-state index in [1.807, 2.05) is 0 Å². The lowest BCUT2D eigenvalue weighted by Crippen LogP contribution is -2.19. The van der Waals surface area contributed by atoms with Crippen molar-refractivity contribution < 1.29 is 0 Å². The van der Waals surface area contributed by atoms with Crippen LogP contribution in [0.3, 0.4) is 0 Å². The third-order valence-electron chi connectivity index (χ3n) is 3.32. The SMILES string of the molecule is CNC1c2cn(C(C)C)cc2CC1C. The molecule has 0 amide bonds. The smallest absolute Gasteiger partial charge is 0.0364 e. The van der Waals surface area contributed by atoms with E-state index in [-0.39, 0.29) is 0 Å². The standard InChI is InChI=1S/C12H20N2/c1-8(2)14-6-10-5-9(3)12(13-4)11(10)7-14/h6-9,12-13H,5H2,1-4H3. The van der Waals surface area contributed by atoms with Crippen molar-refractivity contribution in [3.63, 3.8) is 0 Å². The van der Waals surface area contributed by atoms with Crippen LogP contribution in [0.5, 0.6) is 0 Å². The van der Waals surface area contributed by atoms with Crippen LogP contribution in [0.25, 0.3) is 0 Å². The van der Waals surface area contributed by atoms with Crippen molar-refractivity contribution in [3.05, 3.63) is 23.5 Å². The first-order valence-electron chi connectivity index (χ1n) is 5.51. The summed E-state index contributed by atoms with van der Waals surface area (Å²) in [4.78, 5) is 0. The predicted octanol–water partition coefficient (Wildman–Crippen LogP) is 2.52. The Labute approximate surface area is 86.3 Å². The molecule has 0 saturated heterocycles. The Bertz CT molecular complexity index is 325. The minimum absolute atomic E-state index is 0.560. The minimum Gasteiger partial charge on any atom is -0.351 e. The quantitative estimate of drug-likeness (QED) is 0.762. The molecule has 0 saturated carbocycles. The first-order chi connectivity index (χ1) is 6.63. The number of hydrogen-bond acceptors (Lipinski definition) is 1. The van der Waals surface area contributed by atoms with E-state index in [9.17, 15) is 0 Å². The van der Waals surface area contributed by atoms with Crippen LogP contribution in [0.1, 0.15) is 44.0 Å². The maximum absolute atomic E-state index is 3.41. The summed E-state index contributed by atoms with van der Waals surface area (Å²) in [7, 11) is 2.06. The van der Waals surface area contributed by atoms with Crippen LogP contribution in [0, 0.1) is 5.92 Å². The molecule has 0 aliphatic heterocycles. The molecule has 1 aliphatic rings. The largest absolute Gasteiger partial charge is 0.351 e. The highest BCUT2D eigenvalue weighted by Gasteiger charge is 2.29. The highest BCUT2D eigenvalue weighted by Crippen LogP contribution is 2.36. The van der Waals surface area contributed by atoms with Gasteiger partial charge in [-0.15, -0.1) is 0 Å². The lowest BCUT2D eigenvalue weighted by atomic mass is 10.0. The maximum atomic E-state index is 3.41. The van der Waals surface area contributed by atoms with Gasteiger partial charge in [0, 0.05) is 24.5 Å². The Kier molecular flexibility index (Phi) is 2.40. The van der Waals surface area contributed by atoms with Gasteiger partial charge >= 0.3 is 0 Å². The second-order valence-electron chi connectivity index (χ2n) is 4.73. The molecule has 2 unspecified atom stereocenters. The molecule has 2 rings (SSSR count). The molecule has 1 aromatic heterocycles. The van der Waals surface area contributed by atoms with Crippen molar-refractivity contribution in [2.75, 3.05) is 7.05 Å². The minimum atomic E-state index is 0.560. The van der Waals surface area contributed by atoms with E-state index in [0.717, 1.165) is 5.92 Å². The molecule has 1 heterocycles. The van der Waals surface area contributed by atoms with Crippen molar-refractivity contribution in [2.45, 2.75) is 39.3 Å². The molecule has 14 heavy (non-hydrogen) atoms. The number of nitrogens with one attached hydrogen (secondary N) is 1. The number of aromatic nitrogens is 1. The van der Waals surface area contributed by atoms with Gasteiger partial charge < -0.3 is 9.88 Å². The van der Waals surface area contributed by atoms with Gasteiger partial charge in [0.05, 0.1) is 0 Å². The predicted molar refractivity (Wildman–Crippen MR) is 59.5 cm³/mol. The van der Waals surface area contributed by atoms with Crippen LogP contribution in [0.4, 0.5) is 0 Å². The van der Waals surface area contributed by atoms with Gasteiger partial charge in [-0.1, -0.05) is 6.92 Å². The summed E-state index contributed by atoms with van der Waals surface area (Å²) in [5.41, 5.74) is 3.04. The molecular weight excluding hydrogens is 172 g/mol. The first kappa shape index (κ1) is 9.78. The fourth-order valence-corrected chi connectivity index (χ4v) is 2.50. The van der Waals surface area contributed by atoms with Gasteiger partial charge in [0.25, 0.3) is 0 Å². The molecule has 2 nitrogen and oxygen atoms in total. The van der Waals surface area contributed by atoms with Gasteiger partial charge in [-0.05, 0) is 44.4 Å². The number of fused-ring (bicyclic) bond motifs is 1. The van der Waals surface area contributed by atoms with Crippen LogP contribution in [0.2, 0.25) is 0 Å². The van der Waals surface area contributed by atoms with Gasteiger partial charge in [-0.25, -0.2) is 0 Å². The van der Waals surface area contributed by atoms with Crippen LogP contribution in [-0.4, -0.2) is 11.6 Å². The molecule has 2 heteroatoms. The Morgan fingerprint density at radius 2 is 2.14 bits per heavy atom. The van der Waals surface area contributed by atoms with Crippen molar-refractivity contribution >= 4 is 0 Å². The molecule has 0 fully saturated rings. The van der Waals surface area contributed by atoms with Crippen molar-refractivity contribution in [2.24, 2.45) is 5.92 Å². The van der Waals surface area contributed by atoms with Crippen LogP contribution >= 0.6 is 0 Å². The average Bonchev–Trinajstić information content (AvgIpc) is 2.60. The molecule has 0 aromatic carbocycles. The van der Waals surface area contributed by atoms with E-state index in [0.29, 0.717) is 12.1 Å². The topological polar surface area (TPSA) is 17.0 Å². The lowest BCUT2D eigenvalue weighted by molar-refractivity contribution is 0.441. The summed E-state index contributed by atoms with van der Waals surface area (Å²) < 4.78 is 2.32. The van der Waals surface area contributed by atoms with E-state index < -0.39 is 0 Å². The van der Waals surface area contributed by atoms with Gasteiger partial charge in [0.2, 0.25) is 0 Å². The van der Waals surface area contributed by atoms with E-state index in [1.54, 1.807) is 0 Å². The normalized spacial score (nSPS) is 25.8. The second-order valence-corrected chi connectivity index (χ2v) is 4.73. The van der Waals surface area contributed by atoms with Gasteiger partial charge in [0.1, 0.15) is 0 Å². The third kappa shape index (κ3) is 1.38. The van der Waals surface area contributed by atoms with Crippen LogP contribution < -0.4 is 5.32 Å². The summed E-state index contributed by atoms with van der Waals surface area (Å²) in [6, 6.07) is 1.14. The zero-order valence-corrected chi connectivity index (χ0v) is 9.54. The Hall–Kier alpha value is -0.760. The summed E-state index contributed by atoms with van der Waals surface area (Å²) in [5.74, 6) is 0.742. The highest BCUT2D eigenvalue weighted by molar-refractivity contribution is 5.34. The van der Waals surface area contributed by atoms with Crippen LogP contribution in [-0.2, 0) is 6.42 Å². The summed E-state index contributed by atoms with van der Waals surface area (Å²) >= 11 is 0. The summed E-state index contributed by atoms with van der Waals surface area (Å²) in [6.07, 6.45) is 5.85. The zero-order chi connectivity index (χ0) is 10.3. The molecule has 78 valence electrons. The molecule has 0 bridgehead atoms. The van der Waals surface area contributed by atoms with E-state index in [2.05, 4.69) is 50.1 Å². The zero-order valence-electron chi connectivity index (χ0n) is 9.54. The van der Waals surface area contributed by atoms with Gasteiger partial charge in [-0.2, -0.15) is 0 Å². The highest BCUT2D eigenvalue weighted by atomic mass is 15.0. The van der Waals surface area contributed by atoms with Gasteiger partial charge in [0.15, 0.2) is 0 Å². The van der Waals surface area contributed by atoms with Crippen molar-refractivity contribution in [3.8, 4) is 0 Å². The fourth-order valence-electron chi connectivity index (χ4n) is 2.50. The Morgan fingerprint density at radius 1 is 1.43 bits per heavy atom. The van der Waals surface area contributed by atoms with Crippen molar-refractivity contribution in [1.82, 2.24) is 9.88 Å². The number of hydrogen-bond donors (Lipinski definition) is 1. The fraction of sp³-hybridized carbons (Fsp3) is 0.667. The number of rotatable bonds is 2. The molecule has 0 radical (unpaired) electrons. The Morgan fingerprint density at radius 3 is 2.71 bits per heavy atom. The Balaban J connectivity index is 2.33. The van der Waals surface area contributed by atoms with Crippen LogP contribution in [0.15, 0.2) is 12.4 Å². The molecule has 1 N–H and O–H groups in total. The summed E-state index contributed by atoms with van der Waals surface area (Å²) in [6.45, 7) is 6.78. The molecule has 0 spiro atoms.